The Bertz CT molecular complexity index is 647. The number of hydrogen-bond donors (Lipinski definition) is 2. The van der Waals surface area contributed by atoms with Gasteiger partial charge in [0.2, 0.25) is 0 Å². The molecule has 2 amide bonds. The average molecular weight is 315 g/mol. The highest BCUT2D eigenvalue weighted by Crippen LogP contribution is 2.16. The maximum absolute atomic E-state index is 11.9. The molecule has 5 nitrogen and oxygen atoms in total. The van der Waals surface area contributed by atoms with Crippen LogP contribution in [-0.2, 0) is 11.3 Å². The van der Waals surface area contributed by atoms with E-state index in [1.165, 1.54) is 10.9 Å². The van der Waals surface area contributed by atoms with Crippen molar-refractivity contribution < 1.29 is 9.53 Å². The Kier molecular flexibility index (Phi) is 5.18. The zero-order valence-electron chi connectivity index (χ0n) is 13.6. The normalized spacial score (nSPS) is 18.9. The van der Waals surface area contributed by atoms with Gasteiger partial charge < -0.3 is 19.9 Å². The number of fused-ring (bicyclic) bond motifs is 1. The molecular weight excluding hydrogens is 290 g/mol. The number of hydrogen-bond acceptors (Lipinski definition) is 2. The van der Waals surface area contributed by atoms with Crippen LogP contribution in [0.5, 0.6) is 0 Å². The van der Waals surface area contributed by atoms with Gasteiger partial charge in [-0.05, 0) is 43.7 Å². The largest absolute Gasteiger partial charge is 0.376 e. The number of nitrogens with one attached hydrogen (secondary N) is 2. The first-order valence-corrected chi connectivity index (χ1v) is 8.44. The van der Waals surface area contributed by atoms with Crippen molar-refractivity contribution in [3.05, 3.63) is 36.5 Å². The van der Waals surface area contributed by atoms with E-state index >= 15 is 0 Å². The number of aryl methyl sites for hydroxylation is 1. The molecule has 1 aliphatic heterocycles. The molecule has 2 aromatic rings. The lowest BCUT2D eigenvalue weighted by atomic mass is 10.1. The zero-order valence-corrected chi connectivity index (χ0v) is 13.6. The van der Waals surface area contributed by atoms with Crippen molar-refractivity contribution in [2.24, 2.45) is 0 Å². The van der Waals surface area contributed by atoms with Crippen LogP contribution in [0, 0.1) is 0 Å². The lowest BCUT2D eigenvalue weighted by molar-refractivity contribution is 0.0860. The van der Waals surface area contributed by atoms with Gasteiger partial charge in [-0.25, -0.2) is 4.79 Å². The highest BCUT2D eigenvalue weighted by molar-refractivity contribution is 5.79. The van der Waals surface area contributed by atoms with Gasteiger partial charge in [0.1, 0.15) is 0 Å². The van der Waals surface area contributed by atoms with E-state index in [4.69, 9.17) is 4.74 Å². The van der Waals surface area contributed by atoms with Gasteiger partial charge >= 0.3 is 6.03 Å². The second-order valence-corrected chi connectivity index (χ2v) is 6.16. The van der Waals surface area contributed by atoms with Gasteiger partial charge in [0, 0.05) is 31.4 Å². The zero-order chi connectivity index (χ0) is 16.1. The van der Waals surface area contributed by atoms with E-state index < -0.39 is 0 Å². The number of carbonyl (C=O) groups excluding carboxylic acids is 1. The minimum absolute atomic E-state index is 0.0610. The SMILES string of the molecule is CC(NC(=O)NCCCn1ccc2ccccc21)C1CCCO1. The van der Waals surface area contributed by atoms with Crippen molar-refractivity contribution in [1.82, 2.24) is 15.2 Å². The third kappa shape index (κ3) is 4.05. The number of carbonyl (C=O) groups is 1. The monoisotopic (exact) mass is 315 g/mol. The topological polar surface area (TPSA) is 55.3 Å². The Labute approximate surface area is 137 Å². The van der Waals surface area contributed by atoms with E-state index in [0.29, 0.717) is 6.54 Å². The first-order chi connectivity index (χ1) is 11.2. The van der Waals surface area contributed by atoms with Gasteiger partial charge in [-0.15, -0.1) is 0 Å². The van der Waals surface area contributed by atoms with Crippen molar-refractivity contribution in [2.45, 2.75) is 44.9 Å². The number of ether oxygens (including phenoxy) is 1. The third-order valence-corrected chi connectivity index (χ3v) is 4.42. The minimum atomic E-state index is -0.106. The van der Waals surface area contributed by atoms with Crippen LogP contribution in [0.25, 0.3) is 10.9 Å². The predicted octanol–water partition coefficient (Wildman–Crippen LogP) is 2.90. The number of aromatic nitrogens is 1. The van der Waals surface area contributed by atoms with Gasteiger partial charge in [0.15, 0.2) is 0 Å². The van der Waals surface area contributed by atoms with E-state index in [9.17, 15) is 4.79 Å². The number of nitrogens with zero attached hydrogens (tertiary/aromatic N) is 1. The number of benzene rings is 1. The second-order valence-electron chi connectivity index (χ2n) is 6.16. The molecule has 5 heteroatoms. The van der Waals surface area contributed by atoms with Crippen molar-refractivity contribution in [1.29, 1.82) is 0 Å². The fourth-order valence-corrected chi connectivity index (χ4v) is 3.13. The van der Waals surface area contributed by atoms with Gasteiger partial charge in [0.05, 0.1) is 12.1 Å². The van der Waals surface area contributed by atoms with E-state index in [1.807, 2.05) is 13.0 Å². The lowest BCUT2D eigenvalue weighted by Crippen LogP contribution is -2.46. The lowest BCUT2D eigenvalue weighted by Gasteiger charge is -2.20. The standard InChI is InChI=1S/C18H25N3O2/c1-14(17-8-4-13-23-17)20-18(22)19-10-5-11-21-12-9-15-6-2-3-7-16(15)21/h2-3,6-7,9,12,14,17H,4-5,8,10-11,13H2,1H3,(H2,19,20,22). The summed E-state index contributed by atoms with van der Waals surface area (Å²) < 4.78 is 7.81. The Balaban J connectivity index is 1.38. The molecule has 0 saturated carbocycles. The van der Waals surface area contributed by atoms with Crippen LogP contribution >= 0.6 is 0 Å². The van der Waals surface area contributed by atoms with Gasteiger partial charge in [-0.2, -0.15) is 0 Å². The van der Waals surface area contributed by atoms with Gasteiger partial charge in [0.25, 0.3) is 0 Å². The molecule has 1 saturated heterocycles. The molecule has 1 fully saturated rings. The van der Waals surface area contributed by atoms with Gasteiger partial charge in [-0.1, -0.05) is 18.2 Å². The highest BCUT2D eigenvalue weighted by atomic mass is 16.5. The predicted molar refractivity (Wildman–Crippen MR) is 91.5 cm³/mol. The molecule has 0 bridgehead atoms. The molecule has 0 spiro atoms. The number of rotatable bonds is 6. The molecule has 3 rings (SSSR count). The summed E-state index contributed by atoms with van der Waals surface area (Å²) in [4.78, 5) is 11.9. The molecule has 0 radical (unpaired) electrons. The summed E-state index contributed by atoms with van der Waals surface area (Å²) in [5.41, 5.74) is 1.24. The van der Waals surface area contributed by atoms with Crippen LogP contribution in [0.3, 0.4) is 0 Å². The van der Waals surface area contributed by atoms with Crippen LogP contribution < -0.4 is 10.6 Å². The number of urea groups is 1. The van der Waals surface area contributed by atoms with Crippen LogP contribution in [-0.4, -0.2) is 35.9 Å². The second kappa shape index (κ2) is 7.51. The first-order valence-electron chi connectivity index (χ1n) is 8.44. The maximum Gasteiger partial charge on any atom is 0.315 e. The summed E-state index contributed by atoms with van der Waals surface area (Å²) in [5, 5.41) is 7.15. The minimum Gasteiger partial charge on any atom is -0.376 e. The number of para-hydroxylation sites is 1. The molecule has 23 heavy (non-hydrogen) atoms. The van der Waals surface area contributed by atoms with Crippen molar-refractivity contribution in [3.8, 4) is 0 Å². The summed E-state index contributed by atoms with van der Waals surface area (Å²) in [6.07, 6.45) is 5.28. The van der Waals surface area contributed by atoms with Crippen molar-refractivity contribution in [2.75, 3.05) is 13.2 Å². The summed E-state index contributed by atoms with van der Waals surface area (Å²) in [7, 11) is 0. The van der Waals surface area contributed by atoms with E-state index in [0.717, 1.165) is 32.4 Å². The molecule has 1 aliphatic rings. The molecule has 2 unspecified atom stereocenters. The Hall–Kier alpha value is -2.01. The fourth-order valence-electron chi connectivity index (χ4n) is 3.13. The van der Waals surface area contributed by atoms with E-state index in [1.54, 1.807) is 0 Å². The Morgan fingerprint density at radius 2 is 2.26 bits per heavy atom. The molecule has 124 valence electrons. The molecule has 0 aliphatic carbocycles. The Morgan fingerprint density at radius 1 is 1.39 bits per heavy atom. The van der Waals surface area contributed by atoms with Crippen molar-refractivity contribution in [3.63, 3.8) is 0 Å². The molecule has 2 atom stereocenters. The highest BCUT2D eigenvalue weighted by Gasteiger charge is 2.23. The molecular formula is C18H25N3O2. The van der Waals surface area contributed by atoms with E-state index in [-0.39, 0.29) is 18.2 Å². The third-order valence-electron chi connectivity index (χ3n) is 4.42. The van der Waals surface area contributed by atoms with Crippen molar-refractivity contribution >= 4 is 16.9 Å². The molecule has 2 N–H and O–H groups in total. The first kappa shape index (κ1) is 15.9. The fraction of sp³-hybridized carbons (Fsp3) is 0.500. The maximum atomic E-state index is 11.9. The van der Waals surface area contributed by atoms with E-state index in [2.05, 4.69) is 45.7 Å². The van der Waals surface area contributed by atoms with Crippen LogP contribution in [0.15, 0.2) is 36.5 Å². The molecule has 1 aromatic carbocycles. The summed E-state index contributed by atoms with van der Waals surface area (Å²) in [6.45, 7) is 4.37. The van der Waals surface area contributed by atoms with Gasteiger partial charge in [-0.3, -0.25) is 0 Å². The van der Waals surface area contributed by atoms with Crippen LogP contribution in [0.2, 0.25) is 0 Å². The molecule has 2 heterocycles. The summed E-state index contributed by atoms with van der Waals surface area (Å²) in [6, 6.07) is 10.4. The number of amides is 2. The Morgan fingerprint density at radius 3 is 3.09 bits per heavy atom. The summed E-state index contributed by atoms with van der Waals surface area (Å²) in [5.74, 6) is 0. The molecule has 1 aromatic heterocycles. The smallest absolute Gasteiger partial charge is 0.315 e. The van der Waals surface area contributed by atoms with Crippen LogP contribution in [0.1, 0.15) is 26.2 Å². The average Bonchev–Trinajstić information content (AvgIpc) is 3.21. The van der Waals surface area contributed by atoms with Crippen LogP contribution in [0.4, 0.5) is 4.79 Å². The quantitative estimate of drug-likeness (QED) is 0.805. The summed E-state index contributed by atoms with van der Waals surface area (Å²) >= 11 is 0.